The van der Waals surface area contributed by atoms with Crippen LogP contribution in [0.1, 0.15) is 13.8 Å². The van der Waals surface area contributed by atoms with Crippen molar-refractivity contribution >= 4 is 5.78 Å². The summed E-state index contributed by atoms with van der Waals surface area (Å²) in [5, 5.41) is 0. The van der Waals surface area contributed by atoms with Crippen molar-refractivity contribution < 1.29 is 25.8 Å². The van der Waals surface area contributed by atoms with E-state index in [9.17, 15) is 4.79 Å². The molecule has 0 N–H and O–H groups in total. The van der Waals surface area contributed by atoms with E-state index >= 15 is 0 Å². The average molecular weight is 125 g/mol. The van der Waals surface area contributed by atoms with Crippen molar-refractivity contribution in [2.45, 2.75) is 13.8 Å². The van der Waals surface area contributed by atoms with Gasteiger partial charge in [-0.25, -0.2) is 0 Å². The number of Topliss-reactive ketones (excluding diaryl/α,β-unsaturated/α-hetero) is 1. The summed E-state index contributed by atoms with van der Waals surface area (Å²) in [5.74, 6) is 0.167. The standard InChI is InChI=1S/C3H6O.O.V/c1-3(2)4;;/h1-2H3;;. The molecule has 0 aromatic heterocycles. The molecule has 0 rings (SSSR count). The maximum atomic E-state index is 9.44. The quantitative estimate of drug-likeness (QED) is 0.471. The van der Waals surface area contributed by atoms with Crippen LogP contribution in [0.5, 0.6) is 0 Å². The van der Waals surface area contributed by atoms with Crippen LogP contribution in [0.2, 0.25) is 0 Å². The zero-order valence-corrected chi connectivity index (χ0v) is 5.16. The number of ketones is 1. The first kappa shape index (κ1) is 9.41. The van der Waals surface area contributed by atoms with Crippen LogP contribution in [0.25, 0.3) is 0 Å². The van der Waals surface area contributed by atoms with Gasteiger partial charge in [-0.15, -0.1) is 0 Å². The van der Waals surface area contributed by atoms with Crippen LogP contribution >= 0.6 is 0 Å². The molecular weight excluding hydrogens is 119 g/mol. The van der Waals surface area contributed by atoms with Crippen LogP contribution in [0.15, 0.2) is 0 Å². The Morgan fingerprint density at radius 3 is 1.33 bits per heavy atom. The molecule has 0 saturated heterocycles. The van der Waals surface area contributed by atoms with Gasteiger partial charge in [-0.3, -0.25) is 0 Å². The van der Waals surface area contributed by atoms with Crippen molar-refractivity contribution in [3.8, 4) is 0 Å². The third-order valence-electron chi connectivity index (χ3n) is 0. The van der Waals surface area contributed by atoms with Gasteiger partial charge < -0.3 is 4.79 Å². The molecular formula is C3H6O2V. The normalized spacial score (nSPS) is 4.83. The molecule has 0 aromatic carbocycles. The van der Waals surface area contributed by atoms with Gasteiger partial charge in [0.25, 0.3) is 0 Å². The second-order valence-electron chi connectivity index (χ2n) is 0.908. The summed E-state index contributed by atoms with van der Waals surface area (Å²) in [4.78, 5) is 9.44. The van der Waals surface area contributed by atoms with Crippen molar-refractivity contribution in [2.75, 3.05) is 0 Å². The Balaban J connectivity index is 0. The summed E-state index contributed by atoms with van der Waals surface area (Å²) < 4.78 is 8.19. The van der Waals surface area contributed by atoms with E-state index in [1.165, 1.54) is 13.8 Å². The van der Waals surface area contributed by atoms with Crippen LogP contribution < -0.4 is 0 Å². The van der Waals surface area contributed by atoms with Crippen LogP contribution in [-0.4, -0.2) is 5.78 Å². The van der Waals surface area contributed by atoms with Gasteiger partial charge in [0.05, 0.1) is 0 Å². The van der Waals surface area contributed by atoms with Crippen LogP contribution in [0.3, 0.4) is 0 Å². The van der Waals surface area contributed by atoms with Gasteiger partial charge in [-0.05, 0) is 13.8 Å². The molecule has 0 radical (unpaired) electrons. The monoisotopic (exact) mass is 125 g/mol. The molecule has 0 aromatic rings. The van der Waals surface area contributed by atoms with E-state index in [1.807, 2.05) is 0 Å². The van der Waals surface area contributed by atoms with E-state index in [2.05, 4.69) is 0 Å². The summed E-state index contributed by atoms with van der Waals surface area (Å²) in [6, 6.07) is 0. The van der Waals surface area contributed by atoms with E-state index in [1.54, 1.807) is 0 Å². The molecule has 0 aliphatic rings. The van der Waals surface area contributed by atoms with Crippen molar-refractivity contribution in [3.05, 3.63) is 0 Å². The average Bonchev–Trinajstić information content (AvgIpc) is 1.41. The first-order valence-electron chi connectivity index (χ1n) is 1.39. The van der Waals surface area contributed by atoms with E-state index in [0.717, 1.165) is 17.4 Å². The van der Waals surface area contributed by atoms with Crippen LogP contribution in [0.4, 0.5) is 0 Å². The Morgan fingerprint density at radius 1 is 1.33 bits per heavy atom. The summed E-state index contributed by atoms with van der Waals surface area (Å²) in [6.45, 7) is 3.06. The molecule has 3 heteroatoms. The van der Waals surface area contributed by atoms with Crippen LogP contribution in [-0.2, 0) is 25.8 Å². The minimum absolute atomic E-state index is 0.167. The van der Waals surface area contributed by atoms with E-state index in [4.69, 9.17) is 3.67 Å². The summed E-state index contributed by atoms with van der Waals surface area (Å²) in [6.07, 6.45) is 0. The summed E-state index contributed by atoms with van der Waals surface area (Å²) in [7, 11) is 0. The molecule has 2 nitrogen and oxygen atoms in total. The second kappa shape index (κ2) is 8.91. The Morgan fingerprint density at radius 2 is 1.33 bits per heavy atom. The number of carbonyl (C=O) groups excluding carboxylic acids is 1. The molecule has 0 aliphatic heterocycles. The fraction of sp³-hybridized carbons (Fsp3) is 0.667. The maximum absolute atomic E-state index is 9.44. The SMILES string of the molecule is CC(C)=O.[O]=[V]. The first-order valence-corrected chi connectivity index (χ1v) is 1.96. The number of hydrogen-bond acceptors (Lipinski definition) is 2. The van der Waals surface area contributed by atoms with Gasteiger partial charge in [0, 0.05) is 0 Å². The predicted molar refractivity (Wildman–Crippen MR) is 17.0 cm³/mol. The molecule has 0 aliphatic carbocycles. The van der Waals surface area contributed by atoms with E-state index < -0.39 is 0 Å². The van der Waals surface area contributed by atoms with Gasteiger partial charge in [0.1, 0.15) is 5.78 Å². The third-order valence-corrected chi connectivity index (χ3v) is 0. The van der Waals surface area contributed by atoms with Gasteiger partial charge in [-0.1, -0.05) is 0 Å². The topological polar surface area (TPSA) is 34.1 Å². The van der Waals surface area contributed by atoms with Gasteiger partial charge in [-0.2, -0.15) is 0 Å². The van der Waals surface area contributed by atoms with Crippen molar-refractivity contribution in [2.24, 2.45) is 0 Å². The molecule has 0 saturated carbocycles. The predicted octanol–water partition coefficient (Wildman–Crippen LogP) is 0.474. The summed E-state index contributed by atoms with van der Waals surface area (Å²) in [5.41, 5.74) is 0. The fourth-order valence-corrected chi connectivity index (χ4v) is 0. The fourth-order valence-electron chi connectivity index (χ4n) is 0. The zero-order valence-electron chi connectivity index (χ0n) is 3.76. The molecule has 0 bridgehead atoms. The number of rotatable bonds is 0. The Labute approximate surface area is 46.1 Å². The molecule has 0 atom stereocenters. The zero-order chi connectivity index (χ0) is 5.58. The van der Waals surface area contributed by atoms with E-state index in [-0.39, 0.29) is 5.78 Å². The van der Waals surface area contributed by atoms with Crippen molar-refractivity contribution in [3.63, 3.8) is 0 Å². The Kier molecular flexibility index (Phi) is 14.0. The third kappa shape index (κ3) is 12800. The van der Waals surface area contributed by atoms with Crippen molar-refractivity contribution in [1.82, 2.24) is 0 Å². The second-order valence-corrected chi connectivity index (χ2v) is 0.908. The van der Waals surface area contributed by atoms with Gasteiger partial charge >= 0.3 is 21.0 Å². The molecule has 0 amide bonds. The molecule has 0 heterocycles. The number of hydrogen-bond donors (Lipinski definition) is 0. The Bertz CT molecular complexity index is 40.1. The Hall–Kier alpha value is 0.0544. The van der Waals surface area contributed by atoms with Gasteiger partial charge in [0.2, 0.25) is 0 Å². The molecule has 0 unspecified atom stereocenters. The molecule has 0 spiro atoms. The van der Waals surface area contributed by atoms with Gasteiger partial charge in [0.15, 0.2) is 0 Å². The van der Waals surface area contributed by atoms with Crippen molar-refractivity contribution in [1.29, 1.82) is 0 Å². The van der Waals surface area contributed by atoms with E-state index in [0.29, 0.717) is 0 Å². The molecule has 35 valence electrons. The summed E-state index contributed by atoms with van der Waals surface area (Å²) >= 11 is 1.06. The minimum atomic E-state index is 0.167. The number of carbonyl (C=O) groups is 1. The van der Waals surface area contributed by atoms with Crippen LogP contribution in [0, 0.1) is 0 Å². The molecule has 6 heavy (non-hydrogen) atoms. The molecule has 0 fully saturated rings. The first-order chi connectivity index (χ1) is 2.73.